The van der Waals surface area contributed by atoms with Crippen molar-refractivity contribution in [3.05, 3.63) is 34.6 Å². The van der Waals surface area contributed by atoms with Crippen molar-refractivity contribution in [3.8, 4) is 0 Å². The molecule has 1 fully saturated rings. The van der Waals surface area contributed by atoms with Crippen LogP contribution in [0.25, 0.3) is 0 Å². The van der Waals surface area contributed by atoms with Gasteiger partial charge in [-0.3, -0.25) is 0 Å². The van der Waals surface area contributed by atoms with E-state index >= 15 is 0 Å². The second-order valence-electron chi connectivity index (χ2n) is 5.30. The number of benzene rings is 1. The molecule has 1 saturated carbocycles. The van der Waals surface area contributed by atoms with Gasteiger partial charge in [-0.15, -0.1) is 0 Å². The lowest BCUT2D eigenvalue weighted by Gasteiger charge is -2.21. The van der Waals surface area contributed by atoms with Crippen LogP contribution >= 0.6 is 11.6 Å². The van der Waals surface area contributed by atoms with Crippen molar-refractivity contribution < 1.29 is 4.39 Å². The quantitative estimate of drug-likeness (QED) is 0.870. The van der Waals surface area contributed by atoms with Crippen LogP contribution in [-0.2, 0) is 6.42 Å². The fourth-order valence-electron chi connectivity index (χ4n) is 3.07. The Hall–Kier alpha value is -0.600. The number of hydrogen-bond acceptors (Lipinski definition) is 1. The van der Waals surface area contributed by atoms with Gasteiger partial charge in [-0.05, 0) is 61.4 Å². The lowest BCUT2D eigenvalue weighted by molar-refractivity contribution is 0.355. The minimum atomic E-state index is -0.191. The SMILES string of the molecule is CCNC1CCC(Cc2cc(F)ccc2Cl)C1C. The summed E-state index contributed by atoms with van der Waals surface area (Å²) >= 11 is 6.14. The second kappa shape index (κ2) is 6.03. The summed E-state index contributed by atoms with van der Waals surface area (Å²) < 4.78 is 13.2. The molecule has 1 nitrogen and oxygen atoms in total. The van der Waals surface area contributed by atoms with Crippen molar-refractivity contribution in [2.75, 3.05) is 6.54 Å². The third-order valence-corrected chi connectivity index (χ3v) is 4.55. The first kappa shape index (κ1) is 13.8. The molecule has 1 aliphatic rings. The smallest absolute Gasteiger partial charge is 0.123 e. The minimum Gasteiger partial charge on any atom is -0.314 e. The summed E-state index contributed by atoms with van der Waals surface area (Å²) in [7, 11) is 0. The van der Waals surface area contributed by atoms with Crippen LogP contribution < -0.4 is 5.32 Å². The fourth-order valence-corrected chi connectivity index (χ4v) is 3.26. The van der Waals surface area contributed by atoms with E-state index in [2.05, 4.69) is 19.2 Å². The molecular formula is C15H21ClFN. The molecule has 0 spiro atoms. The molecule has 0 aliphatic heterocycles. The average molecular weight is 270 g/mol. The summed E-state index contributed by atoms with van der Waals surface area (Å²) in [5.74, 6) is 1.04. The van der Waals surface area contributed by atoms with Gasteiger partial charge in [0.15, 0.2) is 0 Å². The summed E-state index contributed by atoms with van der Waals surface area (Å²) in [5.41, 5.74) is 0.950. The van der Waals surface area contributed by atoms with Gasteiger partial charge in [0.2, 0.25) is 0 Å². The normalized spacial score (nSPS) is 27.7. The lowest BCUT2D eigenvalue weighted by Crippen LogP contribution is -2.32. The Balaban J connectivity index is 2.04. The molecule has 0 heterocycles. The number of halogens is 2. The molecule has 0 aromatic heterocycles. The number of rotatable bonds is 4. The molecule has 0 saturated heterocycles. The zero-order valence-electron chi connectivity index (χ0n) is 11.0. The standard InChI is InChI=1S/C15H21ClFN/c1-3-18-15-7-4-11(10(15)2)8-12-9-13(17)5-6-14(12)16/h5-6,9-11,15,18H,3-4,7-8H2,1-2H3. The van der Waals surface area contributed by atoms with E-state index in [1.165, 1.54) is 18.9 Å². The topological polar surface area (TPSA) is 12.0 Å². The van der Waals surface area contributed by atoms with E-state index in [1.54, 1.807) is 12.1 Å². The third kappa shape index (κ3) is 3.04. The molecule has 3 heteroatoms. The fraction of sp³-hybridized carbons (Fsp3) is 0.600. The van der Waals surface area contributed by atoms with Gasteiger partial charge in [-0.1, -0.05) is 25.4 Å². The van der Waals surface area contributed by atoms with Crippen molar-refractivity contribution in [1.82, 2.24) is 5.32 Å². The predicted molar refractivity (Wildman–Crippen MR) is 74.5 cm³/mol. The van der Waals surface area contributed by atoms with Crippen LogP contribution in [0, 0.1) is 17.7 Å². The summed E-state index contributed by atoms with van der Waals surface area (Å²) in [6, 6.07) is 5.27. The van der Waals surface area contributed by atoms with Crippen molar-refractivity contribution in [2.45, 2.75) is 39.2 Å². The van der Waals surface area contributed by atoms with Gasteiger partial charge in [-0.2, -0.15) is 0 Å². The Bertz CT molecular complexity index is 407. The maximum absolute atomic E-state index is 13.2. The van der Waals surface area contributed by atoms with Crippen LogP contribution in [0.3, 0.4) is 0 Å². The molecule has 100 valence electrons. The first-order valence-electron chi connectivity index (χ1n) is 6.79. The Morgan fingerprint density at radius 1 is 1.39 bits per heavy atom. The Kier molecular flexibility index (Phi) is 4.63. The van der Waals surface area contributed by atoms with Gasteiger partial charge in [0.1, 0.15) is 5.82 Å². The van der Waals surface area contributed by atoms with Gasteiger partial charge < -0.3 is 5.32 Å². The first-order valence-corrected chi connectivity index (χ1v) is 7.17. The zero-order chi connectivity index (χ0) is 13.1. The van der Waals surface area contributed by atoms with Gasteiger partial charge in [-0.25, -0.2) is 4.39 Å². The Morgan fingerprint density at radius 2 is 2.17 bits per heavy atom. The van der Waals surface area contributed by atoms with Crippen molar-refractivity contribution >= 4 is 11.6 Å². The molecular weight excluding hydrogens is 249 g/mol. The van der Waals surface area contributed by atoms with Crippen LogP contribution in [0.2, 0.25) is 5.02 Å². The largest absolute Gasteiger partial charge is 0.314 e. The summed E-state index contributed by atoms with van der Waals surface area (Å²) in [6.45, 7) is 5.45. The first-order chi connectivity index (χ1) is 8.61. The lowest BCUT2D eigenvalue weighted by atomic mass is 9.89. The molecule has 3 atom stereocenters. The molecule has 1 aliphatic carbocycles. The molecule has 1 aromatic carbocycles. The monoisotopic (exact) mass is 269 g/mol. The van der Waals surface area contributed by atoms with Crippen molar-refractivity contribution in [1.29, 1.82) is 0 Å². The van der Waals surface area contributed by atoms with E-state index in [4.69, 9.17) is 11.6 Å². The highest BCUT2D eigenvalue weighted by atomic mass is 35.5. The van der Waals surface area contributed by atoms with E-state index in [9.17, 15) is 4.39 Å². The molecule has 1 N–H and O–H groups in total. The predicted octanol–water partition coefficient (Wildman–Crippen LogP) is 4.05. The van der Waals surface area contributed by atoms with E-state index in [1.807, 2.05) is 0 Å². The Morgan fingerprint density at radius 3 is 2.89 bits per heavy atom. The minimum absolute atomic E-state index is 0.191. The van der Waals surface area contributed by atoms with E-state index in [0.29, 0.717) is 22.9 Å². The van der Waals surface area contributed by atoms with Crippen molar-refractivity contribution in [2.24, 2.45) is 11.8 Å². The highest BCUT2D eigenvalue weighted by Crippen LogP contribution is 2.35. The molecule has 18 heavy (non-hydrogen) atoms. The van der Waals surface area contributed by atoms with Crippen molar-refractivity contribution in [3.63, 3.8) is 0 Å². The van der Waals surface area contributed by atoms with Gasteiger partial charge in [0, 0.05) is 11.1 Å². The highest BCUT2D eigenvalue weighted by Gasteiger charge is 2.32. The number of hydrogen-bond donors (Lipinski definition) is 1. The highest BCUT2D eigenvalue weighted by molar-refractivity contribution is 6.31. The second-order valence-corrected chi connectivity index (χ2v) is 5.71. The summed E-state index contributed by atoms with van der Waals surface area (Å²) in [5, 5.41) is 4.22. The average Bonchev–Trinajstić information content (AvgIpc) is 2.67. The van der Waals surface area contributed by atoms with Crippen LogP contribution in [0.15, 0.2) is 18.2 Å². The molecule has 0 bridgehead atoms. The van der Waals surface area contributed by atoms with E-state index < -0.39 is 0 Å². The molecule has 0 radical (unpaired) electrons. The van der Waals surface area contributed by atoms with Crippen LogP contribution in [-0.4, -0.2) is 12.6 Å². The van der Waals surface area contributed by atoms with Gasteiger partial charge in [0.25, 0.3) is 0 Å². The van der Waals surface area contributed by atoms with E-state index in [0.717, 1.165) is 18.5 Å². The molecule has 3 unspecified atom stereocenters. The maximum Gasteiger partial charge on any atom is 0.123 e. The summed E-state index contributed by atoms with van der Waals surface area (Å²) in [6.07, 6.45) is 3.30. The zero-order valence-corrected chi connectivity index (χ0v) is 11.8. The molecule has 2 rings (SSSR count). The van der Waals surface area contributed by atoms with Gasteiger partial charge in [0.05, 0.1) is 0 Å². The van der Waals surface area contributed by atoms with Crippen LogP contribution in [0.5, 0.6) is 0 Å². The summed E-state index contributed by atoms with van der Waals surface area (Å²) in [4.78, 5) is 0. The molecule has 0 amide bonds. The van der Waals surface area contributed by atoms with Crippen LogP contribution in [0.4, 0.5) is 4.39 Å². The third-order valence-electron chi connectivity index (χ3n) is 4.18. The number of nitrogens with one attached hydrogen (secondary N) is 1. The molecule has 1 aromatic rings. The van der Waals surface area contributed by atoms with Crippen LogP contribution in [0.1, 0.15) is 32.3 Å². The Labute approximate surface area is 114 Å². The maximum atomic E-state index is 13.2. The van der Waals surface area contributed by atoms with Gasteiger partial charge >= 0.3 is 0 Å². The van der Waals surface area contributed by atoms with E-state index in [-0.39, 0.29) is 5.82 Å².